The molecule has 4 aromatic heterocycles. The molecule has 3 heteroatoms. The maximum atomic E-state index is 11.8. The monoisotopic (exact) mass is 444 g/mol. The fourth-order valence-electron chi connectivity index (χ4n) is 5.29. The van der Waals surface area contributed by atoms with Gasteiger partial charge in [-0.1, -0.05) is 6.92 Å². The molecule has 4 aromatic rings. The molecule has 0 fully saturated rings. The third-order valence-electron chi connectivity index (χ3n) is 7.95. The van der Waals surface area contributed by atoms with Gasteiger partial charge in [-0.15, -0.1) is 0 Å². The summed E-state index contributed by atoms with van der Waals surface area (Å²) >= 11 is 0. The number of aryl methyl sites for hydroxylation is 7. The van der Waals surface area contributed by atoms with Crippen molar-refractivity contribution in [3.63, 3.8) is 0 Å². The number of carbonyl (C=O) groups excluding carboxylic acids is 1. The third kappa shape index (κ3) is 3.82. The van der Waals surface area contributed by atoms with Crippen LogP contribution in [0.15, 0.2) is 12.1 Å². The van der Waals surface area contributed by atoms with E-state index in [1.165, 1.54) is 61.5 Å². The zero-order valence-electron chi connectivity index (χ0n) is 22.7. The van der Waals surface area contributed by atoms with Crippen molar-refractivity contribution in [2.24, 2.45) is 0 Å². The maximum absolute atomic E-state index is 11.8. The number of hydrogen-bond acceptors (Lipinski definition) is 1. The summed E-state index contributed by atoms with van der Waals surface area (Å²) in [5.74, 6) is 0.133. The Morgan fingerprint density at radius 3 is 1.52 bits per heavy atom. The van der Waals surface area contributed by atoms with Crippen molar-refractivity contribution in [2.45, 2.75) is 89.5 Å². The molecule has 176 valence electrons. The van der Waals surface area contributed by atoms with E-state index in [9.17, 15) is 4.79 Å². The van der Waals surface area contributed by atoms with Gasteiger partial charge in [0.2, 0.25) is 0 Å². The first-order chi connectivity index (χ1) is 15.3. The number of nitrogens with zero attached hydrogens (tertiary/aromatic N) is 2. The van der Waals surface area contributed by atoms with Crippen LogP contribution in [-0.4, -0.2) is 14.6 Å². The van der Waals surface area contributed by atoms with E-state index < -0.39 is 0 Å². The van der Waals surface area contributed by atoms with Crippen molar-refractivity contribution >= 4 is 16.8 Å². The smallest absolute Gasteiger partial charge is 0.176 e. The van der Waals surface area contributed by atoms with Crippen LogP contribution in [0.3, 0.4) is 0 Å². The lowest BCUT2D eigenvalue weighted by Gasteiger charge is -2.14. The van der Waals surface area contributed by atoms with Crippen LogP contribution < -0.4 is 0 Å². The van der Waals surface area contributed by atoms with Crippen molar-refractivity contribution in [3.05, 3.63) is 79.4 Å². The van der Waals surface area contributed by atoms with Crippen LogP contribution in [0.4, 0.5) is 0 Å². The lowest BCUT2D eigenvalue weighted by atomic mass is 10.0. The zero-order chi connectivity index (χ0) is 24.9. The van der Waals surface area contributed by atoms with E-state index >= 15 is 0 Å². The predicted molar refractivity (Wildman–Crippen MR) is 142 cm³/mol. The summed E-state index contributed by atoms with van der Waals surface area (Å²) in [4.78, 5) is 11.8. The van der Waals surface area contributed by atoms with E-state index in [0.29, 0.717) is 0 Å². The molecular formula is C30H40N2O. The average Bonchev–Trinajstić information content (AvgIpc) is 3.30. The molecule has 0 bridgehead atoms. The van der Waals surface area contributed by atoms with E-state index in [4.69, 9.17) is 0 Å². The van der Waals surface area contributed by atoms with Gasteiger partial charge in [-0.05, 0) is 132 Å². The Morgan fingerprint density at radius 1 is 0.636 bits per heavy atom. The quantitative estimate of drug-likeness (QED) is 0.290. The molecule has 0 spiro atoms. The van der Waals surface area contributed by atoms with E-state index in [-0.39, 0.29) is 5.78 Å². The van der Waals surface area contributed by atoms with Crippen molar-refractivity contribution in [3.8, 4) is 0 Å². The maximum Gasteiger partial charge on any atom is 0.176 e. The van der Waals surface area contributed by atoms with Crippen molar-refractivity contribution < 1.29 is 4.79 Å². The highest BCUT2D eigenvalue weighted by Gasteiger charge is 2.17. The first-order valence-electron chi connectivity index (χ1n) is 12.0. The Balaban J connectivity index is 0.000000186. The van der Waals surface area contributed by atoms with Crippen LogP contribution in [0.25, 0.3) is 11.0 Å². The van der Waals surface area contributed by atoms with E-state index in [0.717, 1.165) is 23.2 Å². The first-order valence-corrected chi connectivity index (χ1v) is 12.0. The summed E-state index contributed by atoms with van der Waals surface area (Å²) in [6.45, 7) is 25.5. The van der Waals surface area contributed by atoms with Gasteiger partial charge >= 0.3 is 0 Å². The fraction of sp³-hybridized carbons (Fsp3) is 0.433. The predicted octanol–water partition coefficient (Wildman–Crippen LogP) is 7.73. The second-order valence-electron chi connectivity index (χ2n) is 9.72. The van der Waals surface area contributed by atoms with Crippen LogP contribution in [-0.2, 0) is 6.42 Å². The number of carbonyl (C=O) groups is 1. The van der Waals surface area contributed by atoms with E-state index in [1.54, 1.807) is 6.92 Å². The molecule has 0 aliphatic carbocycles. The topological polar surface area (TPSA) is 25.9 Å². The van der Waals surface area contributed by atoms with Gasteiger partial charge in [0.25, 0.3) is 0 Å². The normalized spacial score (nSPS) is 11.3. The minimum Gasteiger partial charge on any atom is -0.317 e. The van der Waals surface area contributed by atoms with Gasteiger partial charge in [0.1, 0.15) is 0 Å². The first kappa shape index (κ1) is 24.8. The molecule has 0 aliphatic heterocycles. The highest BCUT2D eigenvalue weighted by molar-refractivity contribution is 5.96. The van der Waals surface area contributed by atoms with E-state index in [2.05, 4.69) is 90.2 Å². The van der Waals surface area contributed by atoms with Crippen molar-refractivity contribution in [1.29, 1.82) is 0 Å². The lowest BCUT2D eigenvalue weighted by Crippen LogP contribution is -2.07. The molecule has 33 heavy (non-hydrogen) atoms. The molecular weight excluding hydrogens is 404 g/mol. The molecule has 0 radical (unpaired) electrons. The highest BCUT2D eigenvalue weighted by Crippen LogP contribution is 2.28. The molecule has 3 nitrogen and oxygen atoms in total. The molecule has 4 rings (SSSR count). The van der Waals surface area contributed by atoms with Crippen LogP contribution in [0.5, 0.6) is 0 Å². The molecule has 0 saturated heterocycles. The number of ketones is 1. The number of Topliss-reactive ketones (excluding diaryl/α,β-unsaturated/α-hetero) is 1. The number of hydrogen-bond donors (Lipinski definition) is 0. The number of pyridine rings is 2. The summed E-state index contributed by atoms with van der Waals surface area (Å²) in [7, 11) is 0. The average molecular weight is 445 g/mol. The zero-order valence-corrected chi connectivity index (χ0v) is 22.7. The number of rotatable bonds is 2. The lowest BCUT2D eigenvalue weighted by molar-refractivity contribution is 0.101. The summed E-state index contributed by atoms with van der Waals surface area (Å²) in [5.41, 5.74) is 18.0. The Labute approximate surface area is 199 Å². The molecule has 0 N–H and O–H groups in total. The molecule has 0 saturated carbocycles. The third-order valence-corrected chi connectivity index (χ3v) is 7.95. The fourth-order valence-corrected chi connectivity index (χ4v) is 5.29. The van der Waals surface area contributed by atoms with E-state index in [1.807, 2.05) is 6.92 Å². The molecule has 0 amide bonds. The molecule has 0 aliphatic rings. The van der Waals surface area contributed by atoms with Crippen LogP contribution in [0, 0.1) is 69.2 Å². The van der Waals surface area contributed by atoms with Gasteiger partial charge < -0.3 is 8.80 Å². The Hall–Kier alpha value is -2.81. The van der Waals surface area contributed by atoms with Gasteiger partial charge in [-0.25, -0.2) is 0 Å². The Bertz CT molecular complexity index is 1410. The van der Waals surface area contributed by atoms with Crippen LogP contribution in [0.1, 0.15) is 85.9 Å². The van der Waals surface area contributed by atoms with Gasteiger partial charge in [0.15, 0.2) is 5.78 Å². The highest BCUT2D eigenvalue weighted by atomic mass is 16.1. The van der Waals surface area contributed by atoms with Gasteiger partial charge in [0.05, 0.1) is 5.69 Å². The molecule has 0 atom stereocenters. The SMILES string of the molecule is CC(=O)c1c(C)cc2c(C)c(C)c(C)c(C)n12.CCc1c(C)cc2c(C)c(C)c(C)c(C)n12. The minimum atomic E-state index is 0.133. The summed E-state index contributed by atoms with van der Waals surface area (Å²) < 4.78 is 4.54. The second kappa shape index (κ2) is 8.85. The molecule has 0 aromatic carbocycles. The Kier molecular flexibility index (Phi) is 6.66. The largest absolute Gasteiger partial charge is 0.317 e. The minimum absolute atomic E-state index is 0.133. The number of fused-ring (bicyclic) bond motifs is 2. The molecule has 0 unspecified atom stereocenters. The van der Waals surface area contributed by atoms with Gasteiger partial charge in [0, 0.05) is 35.0 Å². The standard InChI is InChI=1S/C15H19NO.C15H21N/c1-8-7-14-11(4)9(2)10(3)12(5)16(14)15(8)13(6)17;1-7-14-9(2)8-15-12(5)10(3)11(4)13(6)16(14)15/h7H,1-6H3;8H,7H2,1-6H3. The summed E-state index contributed by atoms with van der Waals surface area (Å²) in [6.07, 6.45) is 1.10. The Morgan fingerprint density at radius 2 is 1.06 bits per heavy atom. The van der Waals surface area contributed by atoms with Crippen molar-refractivity contribution in [2.75, 3.05) is 0 Å². The van der Waals surface area contributed by atoms with Crippen molar-refractivity contribution in [1.82, 2.24) is 8.80 Å². The van der Waals surface area contributed by atoms with Gasteiger partial charge in [-0.3, -0.25) is 4.79 Å². The molecule has 4 heterocycles. The van der Waals surface area contributed by atoms with Gasteiger partial charge in [-0.2, -0.15) is 0 Å². The summed E-state index contributed by atoms with van der Waals surface area (Å²) in [6, 6.07) is 4.44. The van der Waals surface area contributed by atoms with Crippen LogP contribution >= 0.6 is 0 Å². The second-order valence-corrected chi connectivity index (χ2v) is 9.72. The van der Waals surface area contributed by atoms with Crippen LogP contribution in [0.2, 0.25) is 0 Å². The summed E-state index contributed by atoms with van der Waals surface area (Å²) in [5, 5.41) is 0. The number of aromatic nitrogens is 2.